The zero-order chi connectivity index (χ0) is 10.2. The normalized spacial score (nSPS) is 34.9. The van der Waals surface area contributed by atoms with Crippen LogP contribution in [-0.4, -0.2) is 25.2 Å². The Morgan fingerprint density at radius 2 is 1.86 bits per heavy atom. The van der Waals surface area contributed by atoms with Gasteiger partial charge in [0.2, 0.25) is 5.92 Å². The van der Waals surface area contributed by atoms with Gasteiger partial charge in [-0.2, -0.15) is 0 Å². The van der Waals surface area contributed by atoms with Crippen LogP contribution in [0.15, 0.2) is 0 Å². The molecule has 1 saturated heterocycles. The van der Waals surface area contributed by atoms with Gasteiger partial charge in [-0.1, -0.05) is 0 Å². The highest BCUT2D eigenvalue weighted by Gasteiger charge is 2.47. The highest BCUT2D eigenvalue weighted by molar-refractivity contribution is 4.94. The van der Waals surface area contributed by atoms with Gasteiger partial charge in [0, 0.05) is 19.4 Å². The van der Waals surface area contributed by atoms with Crippen LogP contribution in [-0.2, 0) is 4.74 Å². The van der Waals surface area contributed by atoms with Gasteiger partial charge < -0.3 is 10.5 Å². The highest BCUT2D eigenvalue weighted by Crippen LogP contribution is 2.49. The van der Waals surface area contributed by atoms with E-state index in [4.69, 9.17) is 10.5 Å². The lowest BCUT2D eigenvalue weighted by atomic mass is 9.71. The summed E-state index contributed by atoms with van der Waals surface area (Å²) in [6.07, 6.45) is 2.20. The summed E-state index contributed by atoms with van der Waals surface area (Å²) in [5.41, 5.74) is 5.52. The van der Waals surface area contributed by atoms with Gasteiger partial charge in [-0.15, -0.1) is 0 Å². The number of alkyl halides is 2. The molecule has 2 fully saturated rings. The number of hydrogen-bond acceptors (Lipinski definition) is 2. The van der Waals surface area contributed by atoms with Gasteiger partial charge in [0.15, 0.2) is 0 Å². The molecule has 1 aliphatic carbocycles. The van der Waals surface area contributed by atoms with Crippen molar-refractivity contribution in [2.45, 2.75) is 44.1 Å². The lowest BCUT2D eigenvalue weighted by Gasteiger charge is -2.35. The second kappa shape index (κ2) is 3.42. The van der Waals surface area contributed by atoms with E-state index in [9.17, 15) is 8.78 Å². The maximum absolute atomic E-state index is 13.0. The van der Waals surface area contributed by atoms with Crippen LogP contribution in [0.4, 0.5) is 8.78 Å². The smallest absolute Gasteiger partial charge is 0.248 e. The van der Waals surface area contributed by atoms with Gasteiger partial charge in [-0.3, -0.25) is 0 Å². The molecule has 2 N–H and O–H groups in total. The van der Waals surface area contributed by atoms with E-state index < -0.39 is 5.92 Å². The minimum Gasteiger partial charge on any atom is -0.376 e. The number of ether oxygens (including phenoxy) is 1. The molecule has 0 aromatic rings. The second-order valence-electron chi connectivity index (χ2n) is 4.73. The minimum atomic E-state index is -2.44. The maximum Gasteiger partial charge on any atom is 0.248 e. The molecule has 1 unspecified atom stereocenters. The summed E-state index contributed by atoms with van der Waals surface area (Å²) in [6, 6.07) is 0. The third kappa shape index (κ3) is 1.91. The van der Waals surface area contributed by atoms with Crippen LogP contribution in [0.5, 0.6) is 0 Å². The molecule has 2 aliphatic rings. The van der Waals surface area contributed by atoms with Crippen LogP contribution >= 0.6 is 0 Å². The molecule has 2 rings (SSSR count). The second-order valence-corrected chi connectivity index (χ2v) is 4.73. The molecule has 0 amide bonds. The molecule has 0 radical (unpaired) electrons. The average Bonchev–Trinajstić information content (AvgIpc) is 2.56. The lowest BCUT2D eigenvalue weighted by Crippen LogP contribution is -2.34. The van der Waals surface area contributed by atoms with E-state index in [1.807, 2.05) is 0 Å². The Bertz CT molecular complexity index is 210. The fourth-order valence-corrected chi connectivity index (χ4v) is 2.54. The molecule has 0 aromatic carbocycles. The summed E-state index contributed by atoms with van der Waals surface area (Å²) >= 11 is 0. The summed E-state index contributed by atoms with van der Waals surface area (Å²) in [5, 5.41) is 0. The largest absolute Gasteiger partial charge is 0.376 e. The number of nitrogens with two attached hydrogens (primary N) is 1. The summed E-state index contributed by atoms with van der Waals surface area (Å²) < 4.78 is 31.4. The highest BCUT2D eigenvalue weighted by atomic mass is 19.3. The van der Waals surface area contributed by atoms with Crippen LogP contribution in [0.1, 0.15) is 32.1 Å². The maximum atomic E-state index is 13.0. The average molecular weight is 205 g/mol. The molecule has 4 heteroatoms. The fourth-order valence-electron chi connectivity index (χ4n) is 2.54. The van der Waals surface area contributed by atoms with Gasteiger partial charge in [-0.05, 0) is 24.7 Å². The molecular formula is C10H17F2NO. The van der Waals surface area contributed by atoms with Gasteiger partial charge in [0.25, 0.3) is 0 Å². The van der Waals surface area contributed by atoms with Crippen LogP contribution in [0.3, 0.4) is 0 Å². The Morgan fingerprint density at radius 1 is 1.21 bits per heavy atom. The Hall–Kier alpha value is -0.220. The topological polar surface area (TPSA) is 35.2 Å². The monoisotopic (exact) mass is 205 g/mol. The first-order valence-corrected chi connectivity index (χ1v) is 5.25. The fraction of sp³-hybridized carbons (Fsp3) is 1.00. The zero-order valence-electron chi connectivity index (χ0n) is 8.27. The third-order valence-corrected chi connectivity index (χ3v) is 3.59. The summed E-state index contributed by atoms with van der Waals surface area (Å²) in [5.74, 6) is -2.44. The Labute approximate surface area is 82.8 Å². The van der Waals surface area contributed by atoms with Crippen LogP contribution < -0.4 is 5.73 Å². The van der Waals surface area contributed by atoms with Crippen molar-refractivity contribution < 1.29 is 13.5 Å². The van der Waals surface area contributed by atoms with Gasteiger partial charge in [-0.25, -0.2) is 8.78 Å². The van der Waals surface area contributed by atoms with Gasteiger partial charge >= 0.3 is 0 Å². The molecule has 0 aromatic heterocycles. The minimum absolute atomic E-state index is 0.0196. The van der Waals surface area contributed by atoms with E-state index in [0.717, 1.165) is 6.42 Å². The van der Waals surface area contributed by atoms with E-state index in [1.54, 1.807) is 0 Å². The van der Waals surface area contributed by atoms with Crippen molar-refractivity contribution in [3.05, 3.63) is 0 Å². The summed E-state index contributed by atoms with van der Waals surface area (Å²) in [6.45, 7) is 1.14. The number of rotatable bonds is 1. The number of hydrogen-bond donors (Lipinski definition) is 1. The predicted octanol–water partition coefficient (Wildman–Crippen LogP) is 1.93. The summed E-state index contributed by atoms with van der Waals surface area (Å²) in [7, 11) is 0. The number of halogens is 2. The third-order valence-electron chi connectivity index (χ3n) is 3.59. The van der Waals surface area contributed by atoms with Crippen molar-refractivity contribution in [2.75, 3.05) is 13.2 Å². The molecule has 1 atom stereocenters. The van der Waals surface area contributed by atoms with Crippen molar-refractivity contribution in [3.63, 3.8) is 0 Å². The SMILES string of the molecule is NCC1CC2(CCC(F)(F)CC2)CO1. The van der Waals surface area contributed by atoms with E-state index in [1.165, 1.54) is 0 Å². The lowest BCUT2D eigenvalue weighted by molar-refractivity contribution is -0.0679. The molecule has 0 bridgehead atoms. The Kier molecular flexibility index (Phi) is 2.52. The Balaban J connectivity index is 1.94. The van der Waals surface area contributed by atoms with Crippen molar-refractivity contribution in [1.29, 1.82) is 0 Å². The molecule has 82 valence electrons. The molecule has 1 spiro atoms. The molecule has 2 nitrogen and oxygen atoms in total. The zero-order valence-corrected chi connectivity index (χ0v) is 8.27. The van der Waals surface area contributed by atoms with Gasteiger partial charge in [0.05, 0.1) is 12.7 Å². The van der Waals surface area contributed by atoms with Crippen molar-refractivity contribution in [2.24, 2.45) is 11.1 Å². The van der Waals surface area contributed by atoms with Crippen molar-refractivity contribution in [1.82, 2.24) is 0 Å². The predicted molar refractivity (Wildman–Crippen MR) is 49.3 cm³/mol. The molecule has 14 heavy (non-hydrogen) atoms. The quantitative estimate of drug-likeness (QED) is 0.710. The van der Waals surface area contributed by atoms with Crippen LogP contribution in [0.2, 0.25) is 0 Å². The van der Waals surface area contributed by atoms with Crippen molar-refractivity contribution in [3.8, 4) is 0 Å². The van der Waals surface area contributed by atoms with E-state index in [-0.39, 0.29) is 24.4 Å². The van der Waals surface area contributed by atoms with Crippen LogP contribution in [0, 0.1) is 5.41 Å². The first-order valence-electron chi connectivity index (χ1n) is 5.25. The standard InChI is InChI=1S/C10H17F2NO/c11-10(12)3-1-9(2-4-10)5-8(6-13)14-7-9/h8H,1-7,13H2. The molecule has 1 saturated carbocycles. The van der Waals surface area contributed by atoms with Crippen LogP contribution in [0.25, 0.3) is 0 Å². The van der Waals surface area contributed by atoms with E-state index in [2.05, 4.69) is 0 Å². The molecule has 1 aliphatic heterocycles. The first kappa shape index (κ1) is 10.3. The van der Waals surface area contributed by atoms with E-state index >= 15 is 0 Å². The van der Waals surface area contributed by atoms with E-state index in [0.29, 0.717) is 26.0 Å². The summed E-state index contributed by atoms with van der Waals surface area (Å²) in [4.78, 5) is 0. The first-order chi connectivity index (χ1) is 6.55. The Morgan fingerprint density at radius 3 is 2.36 bits per heavy atom. The molecular weight excluding hydrogens is 188 g/mol. The van der Waals surface area contributed by atoms with Gasteiger partial charge in [0.1, 0.15) is 0 Å². The van der Waals surface area contributed by atoms with Crippen molar-refractivity contribution >= 4 is 0 Å². The molecule has 1 heterocycles.